The van der Waals surface area contributed by atoms with Gasteiger partial charge in [0.25, 0.3) is 0 Å². The van der Waals surface area contributed by atoms with Gasteiger partial charge in [0, 0.05) is 18.0 Å². The van der Waals surface area contributed by atoms with Gasteiger partial charge in [-0.1, -0.05) is 18.6 Å². The number of rotatable bonds is 8. The van der Waals surface area contributed by atoms with Gasteiger partial charge in [-0.3, -0.25) is 14.5 Å². The maximum Gasteiger partial charge on any atom is 0.248 e. The first-order chi connectivity index (χ1) is 14.5. The first-order valence-electron chi connectivity index (χ1n) is 10.1. The van der Waals surface area contributed by atoms with E-state index in [1.807, 2.05) is 29.6 Å². The Morgan fingerprint density at radius 3 is 2.67 bits per heavy atom. The third-order valence-corrected chi connectivity index (χ3v) is 5.72. The first kappa shape index (κ1) is 22.0. The van der Waals surface area contributed by atoms with Crippen LogP contribution < -0.4 is 15.4 Å². The molecule has 2 aromatic rings. The second-order valence-corrected chi connectivity index (χ2v) is 8.16. The fourth-order valence-corrected chi connectivity index (χ4v) is 3.92. The maximum absolute atomic E-state index is 12.4. The molecule has 2 N–H and O–H groups in total. The Balaban J connectivity index is 1.45. The highest BCUT2D eigenvalue weighted by Gasteiger charge is 2.17. The summed E-state index contributed by atoms with van der Waals surface area (Å²) in [5.74, 6) is 0.127. The van der Waals surface area contributed by atoms with Crippen molar-refractivity contribution in [1.82, 2.24) is 15.2 Å². The van der Waals surface area contributed by atoms with Crippen LogP contribution in [-0.2, 0) is 16.1 Å². The lowest BCUT2D eigenvalue weighted by Gasteiger charge is -2.25. The second kappa shape index (κ2) is 10.9. The number of hydrogen-bond acceptors (Lipinski definition) is 6. The lowest BCUT2D eigenvalue weighted by Crippen LogP contribution is -2.40. The van der Waals surface area contributed by atoms with E-state index in [4.69, 9.17) is 4.74 Å². The number of nitrogens with one attached hydrogen (secondary N) is 2. The van der Waals surface area contributed by atoms with E-state index in [1.165, 1.54) is 36.7 Å². The van der Waals surface area contributed by atoms with Gasteiger partial charge in [-0.2, -0.15) is 0 Å². The Hall–Kier alpha value is -2.71. The predicted molar refractivity (Wildman–Crippen MR) is 120 cm³/mol. The Kier molecular flexibility index (Phi) is 7.98. The SMILES string of the molecule is COc1ccc(/C=C/C(=O)NC(C)C(=O)Nc2nc(CN3CCCCC3)cs2)cc1. The second-order valence-electron chi connectivity index (χ2n) is 7.31. The van der Waals surface area contributed by atoms with Gasteiger partial charge in [0.05, 0.1) is 12.8 Å². The molecule has 1 fully saturated rings. The molecule has 1 unspecified atom stereocenters. The van der Waals surface area contributed by atoms with Crippen LogP contribution in [-0.4, -0.2) is 47.9 Å². The van der Waals surface area contributed by atoms with Crippen molar-refractivity contribution in [3.05, 3.63) is 47.0 Å². The number of aromatic nitrogens is 1. The number of thiazole rings is 1. The van der Waals surface area contributed by atoms with Crippen molar-refractivity contribution in [2.24, 2.45) is 0 Å². The number of ether oxygens (including phenoxy) is 1. The van der Waals surface area contributed by atoms with E-state index in [0.717, 1.165) is 36.6 Å². The molecule has 0 saturated carbocycles. The fourth-order valence-electron chi connectivity index (χ4n) is 3.21. The molecule has 0 spiro atoms. The third-order valence-electron chi connectivity index (χ3n) is 4.91. The van der Waals surface area contributed by atoms with Crippen molar-refractivity contribution < 1.29 is 14.3 Å². The van der Waals surface area contributed by atoms with E-state index in [1.54, 1.807) is 20.1 Å². The Morgan fingerprint density at radius 1 is 1.23 bits per heavy atom. The van der Waals surface area contributed by atoms with Crippen LogP contribution in [0.2, 0.25) is 0 Å². The van der Waals surface area contributed by atoms with E-state index >= 15 is 0 Å². The average Bonchev–Trinajstić information content (AvgIpc) is 3.19. The minimum absolute atomic E-state index is 0.292. The van der Waals surface area contributed by atoms with Crippen LogP contribution in [0.5, 0.6) is 5.75 Å². The van der Waals surface area contributed by atoms with Gasteiger partial charge in [-0.15, -0.1) is 11.3 Å². The highest BCUT2D eigenvalue weighted by Crippen LogP contribution is 2.19. The number of amides is 2. The lowest BCUT2D eigenvalue weighted by molar-refractivity contribution is -0.123. The van der Waals surface area contributed by atoms with Crippen LogP contribution in [0, 0.1) is 0 Å². The molecule has 2 amide bonds. The van der Waals surface area contributed by atoms with Crippen LogP contribution in [0.25, 0.3) is 6.08 Å². The molecule has 1 saturated heterocycles. The average molecular weight is 429 g/mol. The van der Waals surface area contributed by atoms with E-state index in [-0.39, 0.29) is 11.8 Å². The molecule has 2 heterocycles. The van der Waals surface area contributed by atoms with Crippen LogP contribution in [0.15, 0.2) is 35.7 Å². The maximum atomic E-state index is 12.4. The molecule has 1 atom stereocenters. The topological polar surface area (TPSA) is 83.6 Å². The molecule has 1 aliphatic heterocycles. The standard InChI is InChI=1S/C22H28N4O3S/c1-16(23-20(27)11-8-17-6-9-19(29-2)10-7-17)21(28)25-22-24-18(15-30-22)14-26-12-4-3-5-13-26/h6-11,15-16H,3-5,12-14H2,1-2H3,(H,23,27)(H,24,25,28)/b11-8+. The molecule has 1 aromatic heterocycles. The quantitative estimate of drug-likeness (QED) is 0.631. The van der Waals surface area contributed by atoms with Gasteiger partial charge in [-0.05, 0) is 56.6 Å². The van der Waals surface area contributed by atoms with E-state index < -0.39 is 6.04 Å². The van der Waals surface area contributed by atoms with Crippen LogP contribution >= 0.6 is 11.3 Å². The van der Waals surface area contributed by atoms with Crippen LogP contribution in [0.1, 0.15) is 37.4 Å². The molecular weight excluding hydrogens is 400 g/mol. The Morgan fingerprint density at radius 2 is 1.97 bits per heavy atom. The molecule has 0 aliphatic carbocycles. The zero-order chi connectivity index (χ0) is 21.3. The number of hydrogen-bond donors (Lipinski definition) is 2. The monoisotopic (exact) mass is 428 g/mol. The number of benzene rings is 1. The summed E-state index contributed by atoms with van der Waals surface area (Å²) in [6.45, 7) is 4.67. The molecule has 8 heteroatoms. The van der Waals surface area contributed by atoms with Crippen molar-refractivity contribution in [2.75, 3.05) is 25.5 Å². The molecule has 1 aromatic carbocycles. The minimum atomic E-state index is -0.674. The largest absolute Gasteiger partial charge is 0.497 e. The number of methoxy groups -OCH3 is 1. The molecule has 160 valence electrons. The number of carbonyl (C=O) groups excluding carboxylic acids is 2. The smallest absolute Gasteiger partial charge is 0.248 e. The van der Waals surface area contributed by atoms with Crippen molar-refractivity contribution in [2.45, 2.75) is 38.8 Å². The summed E-state index contributed by atoms with van der Waals surface area (Å²) in [7, 11) is 1.60. The summed E-state index contributed by atoms with van der Waals surface area (Å²) in [4.78, 5) is 31.4. The Labute approximate surface area is 181 Å². The van der Waals surface area contributed by atoms with Gasteiger partial charge < -0.3 is 15.4 Å². The van der Waals surface area contributed by atoms with Gasteiger partial charge in [0.2, 0.25) is 11.8 Å². The predicted octanol–water partition coefficient (Wildman–Crippen LogP) is 3.29. The van der Waals surface area contributed by atoms with Crippen molar-refractivity contribution in [1.29, 1.82) is 0 Å². The number of anilines is 1. The van der Waals surface area contributed by atoms with Gasteiger partial charge in [0.15, 0.2) is 5.13 Å². The molecule has 0 radical (unpaired) electrons. The summed E-state index contributed by atoms with van der Waals surface area (Å²) in [5, 5.41) is 7.99. The van der Waals surface area contributed by atoms with Crippen LogP contribution in [0.3, 0.4) is 0 Å². The summed E-state index contributed by atoms with van der Waals surface area (Å²) in [6.07, 6.45) is 6.86. The molecule has 0 bridgehead atoms. The zero-order valence-electron chi connectivity index (χ0n) is 17.4. The number of carbonyl (C=O) groups is 2. The van der Waals surface area contributed by atoms with E-state index in [9.17, 15) is 9.59 Å². The minimum Gasteiger partial charge on any atom is -0.497 e. The highest BCUT2D eigenvalue weighted by molar-refractivity contribution is 7.13. The van der Waals surface area contributed by atoms with Gasteiger partial charge >= 0.3 is 0 Å². The summed E-state index contributed by atoms with van der Waals surface area (Å²) in [5.41, 5.74) is 1.84. The van der Waals surface area contributed by atoms with Gasteiger partial charge in [-0.25, -0.2) is 4.98 Å². The van der Waals surface area contributed by atoms with Crippen LogP contribution in [0.4, 0.5) is 5.13 Å². The summed E-state index contributed by atoms with van der Waals surface area (Å²) >= 11 is 1.41. The summed E-state index contributed by atoms with van der Waals surface area (Å²) in [6, 6.07) is 6.67. The molecule has 7 nitrogen and oxygen atoms in total. The van der Waals surface area contributed by atoms with Crippen molar-refractivity contribution in [3.63, 3.8) is 0 Å². The van der Waals surface area contributed by atoms with Crippen molar-refractivity contribution in [3.8, 4) is 5.75 Å². The summed E-state index contributed by atoms with van der Waals surface area (Å²) < 4.78 is 5.11. The van der Waals surface area contributed by atoms with Crippen molar-refractivity contribution >= 4 is 34.4 Å². The van der Waals surface area contributed by atoms with E-state index in [2.05, 4.69) is 20.5 Å². The number of piperidine rings is 1. The number of nitrogens with zero attached hydrogens (tertiary/aromatic N) is 2. The molecular formula is C22H28N4O3S. The number of likely N-dealkylation sites (tertiary alicyclic amines) is 1. The Bertz CT molecular complexity index is 873. The highest BCUT2D eigenvalue weighted by atomic mass is 32.1. The fraction of sp³-hybridized carbons (Fsp3) is 0.409. The lowest BCUT2D eigenvalue weighted by atomic mass is 10.1. The molecule has 30 heavy (non-hydrogen) atoms. The third kappa shape index (κ3) is 6.67. The van der Waals surface area contributed by atoms with E-state index in [0.29, 0.717) is 5.13 Å². The van der Waals surface area contributed by atoms with Gasteiger partial charge in [0.1, 0.15) is 11.8 Å². The normalized spacial score (nSPS) is 15.7. The first-order valence-corrected chi connectivity index (χ1v) is 11.0. The molecule has 1 aliphatic rings. The molecule has 3 rings (SSSR count). The zero-order valence-corrected chi connectivity index (χ0v) is 18.2.